The van der Waals surface area contributed by atoms with Gasteiger partial charge in [-0.25, -0.2) is 8.78 Å². The second kappa shape index (κ2) is 6.28. The zero-order chi connectivity index (χ0) is 15.0. The molecular weight excluding hydrogens is 286 g/mol. The highest BCUT2D eigenvalue weighted by Gasteiger charge is 2.43. The lowest BCUT2D eigenvalue weighted by Crippen LogP contribution is -2.28. The summed E-state index contributed by atoms with van der Waals surface area (Å²) >= 11 is 1.51. The Balaban J connectivity index is 1.73. The third-order valence-electron chi connectivity index (χ3n) is 5.21. The van der Waals surface area contributed by atoms with E-state index in [0.717, 1.165) is 28.4 Å². The summed E-state index contributed by atoms with van der Waals surface area (Å²) in [6.07, 6.45) is 8.25. The largest absolute Gasteiger partial charge is 0.246 e. The normalized spacial score (nSPS) is 33.9. The van der Waals surface area contributed by atoms with Gasteiger partial charge in [0.1, 0.15) is 12.0 Å². The summed E-state index contributed by atoms with van der Waals surface area (Å²) in [5.41, 5.74) is 2.14. The molecule has 0 bridgehead atoms. The van der Waals surface area contributed by atoms with Crippen molar-refractivity contribution >= 4 is 11.8 Å². The first-order valence-corrected chi connectivity index (χ1v) is 9.01. The van der Waals surface area contributed by atoms with Crippen LogP contribution in [0.2, 0.25) is 0 Å². The molecule has 21 heavy (non-hydrogen) atoms. The van der Waals surface area contributed by atoms with Gasteiger partial charge in [-0.15, -0.1) is 11.8 Å². The topological polar surface area (TPSA) is 0 Å². The van der Waals surface area contributed by atoms with Gasteiger partial charge in [-0.2, -0.15) is 0 Å². The van der Waals surface area contributed by atoms with Crippen LogP contribution >= 0.6 is 11.8 Å². The van der Waals surface area contributed by atoms with E-state index in [1.165, 1.54) is 49.9 Å². The van der Waals surface area contributed by atoms with Crippen LogP contribution in [0.1, 0.15) is 51.9 Å². The summed E-state index contributed by atoms with van der Waals surface area (Å²) in [5.74, 6) is 0.299. The fourth-order valence-corrected chi connectivity index (χ4v) is 5.60. The van der Waals surface area contributed by atoms with E-state index >= 15 is 0 Å². The van der Waals surface area contributed by atoms with Gasteiger partial charge in [-0.05, 0) is 30.9 Å². The molecule has 0 aromatic rings. The number of rotatable bonds is 3. The van der Waals surface area contributed by atoms with Gasteiger partial charge in [0.25, 0.3) is 0 Å². The van der Waals surface area contributed by atoms with Gasteiger partial charge in [0.15, 0.2) is 0 Å². The first-order chi connectivity index (χ1) is 10.1. The van der Waals surface area contributed by atoms with Crippen LogP contribution in [-0.2, 0) is 0 Å². The first-order valence-electron chi connectivity index (χ1n) is 8.13. The molecular formula is C18H24F2S. The van der Waals surface area contributed by atoms with Crippen LogP contribution in [0, 0.1) is 11.8 Å². The number of hydrogen-bond acceptors (Lipinski definition) is 1. The van der Waals surface area contributed by atoms with Crippen molar-refractivity contribution in [1.29, 1.82) is 0 Å². The lowest BCUT2D eigenvalue weighted by atomic mass is 9.82. The molecule has 0 aromatic heterocycles. The van der Waals surface area contributed by atoms with Crippen LogP contribution in [0.25, 0.3) is 0 Å². The fraction of sp³-hybridized carbons (Fsp3) is 0.667. The Morgan fingerprint density at radius 2 is 2.05 bits per heavy atom. The van der Waals surface area contributed by atoms with Gasteiger partial charge in [0.05, 0.1) is 5.25 Å². The smallest absolute Gasteiger partial charge is 0.112 e. The Morgan fingerprint density at radius 1 is 1.33 bits per heavy atom. The van der Waals surface area contributed by atoms with Crippen molar-refractivity contribution in [3.05, 3.63) is 34.5 Å². The van der Waals surface area contributed by atoms with E-state index in [0.29, 0.717) is 0 Å². The maximum atomic E-state index is 14.2. The summed E-state index contributed by atoms with van der Waals surface area (Å²) in [4.78, 5) is 1.09. The van der Waals surface area contributed by atoms with E-state index in [-0.39, 0.29) is 23.4 Å². The highest BCUT2D eigenvalue weighted by molar-refractivity contribution is 8.04. The molecule has 1 aliphatic heterocycles. The number of hydrogen-bond donors (Lipinski definition) is 0. The lowest BCUT2D eigenvalue weighted by molar-refractivity contribution is 0.239. The first kappa shape index (κ1) is 15.3. The number of alkyl halides is 1. The zero-order valence-corrected chi connectivity index (χ0v) is 13.5. The minimum absolute atomic E-state index is 0.140. The average molecular weight is 310 g/mol. The number of allylic oxidation sites excluding steroid dienone is 3. The summed E-state index contributed by atoms with van der Waals surface area (Å²) < 4.78 is 28.2. The maximum Gasteiger partial charge on any atom is 0.112 e. The lowest BCUT2D eigenvalue weighted by Gasteiger charge is -2.26. The van der Waals surface area contributed by atoms with E-state index in [1.807, 2.05) is 6.92 Å². The Kier molecular flexibility index (Phi) is 4.58. The van der Waals surface area contributed by atoms with Crippen LogP contribution in [0.5, 0.6) is 0 Å². The van der Waals surface area contributed by atoms with Gasteiger partial charge in [0, 0.05) is 17.2 Å². The van der Waals surface area contributed by atoms with Crippen molar-refractivity contribution in [2.75, 3.05) is 0 Å². The molecule has 0 aromatic carbocycles. The zero-order valence-electron chi connectivity index (χ0n) is 12.7. The molecule has 0 saturated heterocycles. The highest BCUT2D eigenvalue weighted by Crippen LogP contribution is 2.53. The van der Waals surface area contributed by atoms with Gasteiger partial charge in [-0.3, -0.25) is 0 Å². The van der Waals surface area contributed by atoms with E-state index in [9.17, 15) is 8.78 Å². The van der Waals surface area contributed by atoms with Crippen molar-refractivity contribution in [3.8, 4) is 0 Å². The second-order valence-electron chi connectivity index (χ2n) is 6.73. The Hall–Kier alpha value is -0.570. The minimum Gasteiger partial charge on any atom is -0.246 e. The molecule has 3 heteroatoms. The standard InChI is InChI=1S/C18H24F2S/c1-11(10-13-6-4-3-5-7-13)17-12(2)16-14(19)8-9-15(20)18(16)21-17/h9,13-14,16,18H,1,3-8,10H2,2H3. The molecule has 3 atom stereocenters. The van der Waals surface area contributed by atoms with Gasteiger partial charge >= 0.3 is 0 Å². The van der Waals surface area contributed by atoms with E-state index in [2.05, 4.69) is 6.58 Å². The molecule has 0 N–H and O–H groups in total. The average Bonchev–Trinajstić information content (AvgIpc) is 2.83. The number of thioether (sulfide) groups is 1. The molecule has 3 aliphatic rings. The van der Waals surface area contributed by atoms with Crippen molar-refractivity contribution in [2.45, 2.75) is 63.3 Å². The minimum atomic E-state index is -0.943. The van der Waals surface area contributed by atoms with Crippen LogP contribution in [0.4, 0.5) is 8.78 Å². The van der Waals surface area contributed by atoms with Crippen LogP contribution in [-0.4, -0.2) is 11.4 Å². The predicted molar refractivity (Wildman–Crippen MR) is 86.6 cm³/mol. The third-order valence-corrected chi connectivity index (χ3v) is 6.83. The second-order valence-corrected chi connectivity index (χ2v) is 7.88. The summed E-state index contributed by atoms with van der Waals surface area (Å²) in [5, 5.41) is -0.341. The molecule has 0 radical (unpaired) electrons. The molecule has 3 rings (SSSR count). The molecule has 0 nitrogen and oxygen atoms in total. The molecule has 3 unspecified atom stereocenters. The van der Waals surface area contributed by atoms with Crippen molar-refractivity contribution in [3.63, 3.8) is 0 Å². The van der Waals surface area contributed by atoms with Crippen LogP contribution in [0.3, 0.4) is 0 Å². The van der Waals surface area contributed by atoms with Gasteiger partial charge in [-0.1, -0.05) is 44.3 Å². The van der Waals surface area contributed by atoms with Crippen LogP contribution in [0.15, 0.2) is 34.5 Å². The molecule has 2 aliphatic carbocycles. The molecule has 1 heterocycles. The summed E-state index contributed by atoms with van der Waals surface area (Å²) in [6.45, 7) is 6.22. The van der Waals surface area contributed by atoms with Crippen molar-refractivity contribution in [1.82, 2.24) is 0 Å². The Bertz CT molecular complexity index is 485. The van der Waals surface area contributed by atoms with E-state index in [1.54, 1.807) is 0 Å². The highest BCUT2D eigenvalue weighted by atomic mass is 32.2. The van der Waals surface area contributed by atoms with Crippen molar-refractivity contribution < 1.29 is 8.78 Å². The Labute approximate surface area is 130 Å². The van der Waals surface area contributed by atoms with Gasteiger partial charge < -0.3 is 0 Å². The van der Waals surface area contributed by atoms with Crippen LogP contribution < -0.4 is 0 Å². The maximum absolute atomic E-state index is 14.2. The molecule has 1 fully saturated rings. The molecule has 1 saturated carbocycles. The predicted octanol–water partition coefficient (Wildman–Crippen LogP) is 6.11. The molecule has 0 spiro atoms. The number of halogens is 2. The number of fused-ring (bicyclic) bond motifs is 1. The van der Waals surface area contributed by atoms with Crippen molar-refractivity contribution in [2.24, 2.45) is 11.8 Å². The molecule has 0 amide bonds. The Morgan fingerprint density at radius 3 is 2.71 bits per heavy atom. The summed E-state index contributed by atoms with van der Waals surface area (Å²) in [7, 11) is 0. The quantitative estimate of drug-likeness (QED) is 0.605. The van der Waals surface area contributed by atoms with Gasteiger partial charge in [0.2, 0.25) is 0 Å². The fourth-order valence-electron chi connectivity index (χ4n) is 4.04. The SMILES string of the molecule is C=C(CC1CCCCC1)C1=C(C)C2C(F)CC=C(F)C2S1. The van der Waals surface area contributed by atoms with E-state index < -0.39 is 6.17 Å². The van der Waals surface area contributed by atoms with E-state index in [4.69, 9.17) is 0 Å². The molecule has 116 valence electrons. The summed E-state index contributed by atoms with van der Waals surface area (Å²) in [6, 6.07) is 0. The monoisotopic (exact) mass is 310 g/mol. The third kappa shape index (κ3) is 2.99.